The number of ether oxygens (including phenoxy) is 2. The molecule has 0 heterocycles. The minimum Gasteiger partial charge on any atom is -0.445 e. The summed E-state index contributed by atoms with van der Waals surface area (Å²) >= 11 is 0. The number of anilines is 1. The predicted octanol–water partition coefficient (Wildman–Crippen LogP) is 3.17. The highest BCUT2D eigenvalue weighted by molar-refractivity contribution is 6.58. The van der Waals surface area contributed by atoms with Crippen LogP contribution in [0, 0.1) is 0 Å². The summed E-state index contributed by atoms with van der Waals surface area (Å²) in [5.41, 5.74) is 2.33. The van der Waals surface area contributed by atoms with Gasteiger partial charge in [0.2, 0.25) is 5.91 Å². The number of nitrogens with one attached hydrogen (secondary N) is 2. The molecular formula is C29H34BN3O7. The lowest BCUT2D eigenvalue weighted by Gasteiger charge is -2.27. The van der Waals surface area contributed by atoms with Crippen molar-refractivity contribution in [2.75, 3.05) is 11.9 Å². The monoisotopic (exact) mass is 547 g/mol. The van der Waals surface area contributed by atoms with Crippen molar-refractivity contribution in [2.45, 2.75) is 46.1 Å². The van der Waals surface area contributed by atoms with E-state index >= 15 is 0 Å². The Morgan fingerprint density at radius 3 is 2.20 bits per heavy atom. The van der Waals surface area contributed by atoms with Crippen LogP contribution in [0.2, 0.25) is 0 Å². The van der Waals surface area contributed by atoms with Crippen molar-refractivity contribution in [3.63, 3.8) is 0 Å². The number of carbonyl (C=O) groups excluding carboxylic acids is 3. The number of carbonyl (C=O) groups is 3. The molecule has 0 saturated carbocycles. The highest BCUT2D eigenvalue weighted by Crippen LogP contribution is 2.15. The van der Waals surface area contributed by atoms with Gasteiger partial charge < -0.3 is 30.2 Å². The van der Waals surface area contributed by atoms with Gasteiger partial charge in [0.1, 0.15) is 18.8 Å². The third-order valence-corrected chi connectivity index (χ3v) is 5.50. The largest absolute Gasteiger partial charge is 0.488 e. The number of nitrogens with zero attached hydrogens (tertiary/aromatic N) is 1. The summed E-state index contributed by atoms with van der Waals surface area (Å²) < 4.78 is 10.7. The molecule has 4 N–H and O–H groups in total. The van der Waals surface area contributed by atoms with Gasteiger partial charge in [0.25, 0.3) is 0 Å². The molecule has 0 aliphatic heterocycles. The molecule has 11 heteroatoms. The first-order valence-corrected chi connectivity index (χ1v) is 12.7. The number of alkyl carbamates (subject to hydrolysis) is 1. The fourth-order valence-corrected chi connectivity index (χ4v) is 3.61. The molecule has 0 bridgehead atoms. The van der Waals surface area contributed by atoms with E-state index in [4.69, 9.17) is 9.47 Å². The maximum atomic E-state index is 12.9. The molecule has 210 valence electrons. The Morgan fingerprint density at radius 2 is 1.55 bits per heavy atom. The molecule has 3 aromatic carbocycles. The number of amides is 3. The highest BCUT2D eigenvalue weighted by atomic mass is 16.6. The Bertz CT molecular complexity index is 1280. The molecule has 0 unspecified atom stereocenters. The Hall–Kier alpha value is -4.35. The lowest BCUT2D eigenvalue weighted by molar-refractivity contribution is -0.117. The summed E-state index contributed by atoms with van der Waals surface area (Å²) in [4.78, 5) is 39.1. The SMILES string of the molecule is CC(C)(C)OC(=O)N(CC(=O)Nc1cccc(CNC(=O)OCc2ccccc2)c1)Cc1ccc(B(O)O)cc1. The molecule has 0 fully saturated rings. The Labute approximate surface area is 234 Å². The molecule has 0 aromatic heterocycles. The van der Waals surface area contributed by atoms with Gasteiger partial charge in [-0.05, 0) is 55.1 Å². The van der Waals surface area contributed by atoms with E-state index in [1.165, 1.54) is 17.0 Å². The molecule has 0 aliphatic carbocycles. The zero-order chi connectivity index (χ0) is 29.1. The smallest absolute Gasteiger partial charge is 0.445 e. The summed E-state index contributed by atoms with van der Waals surface area (Å²) in [6.45, 7) is 5.34. The van der Waals surface area contributed by atoms with Crippen LogP contribution in [0.25, 0.3) is 0 Å². The first-order valence-electron chi connectivity index (χ1n) is 12.7. The van der Waals surface area contributed by atoms with E-state index in [1.807, 2.05) is 30.3 Å². The Morgan fingerprint density at radius 1 is 0.875 bits per heavy atom. The van der Waals surface area contributed by atoms with Crippen molar-refractivity contribution in [1.29, 1.82) is 0 Å². The third-order valence-electron chi connectivity index (χ3n) is 5.50. The van der Waals surface area contributed by atoms with Crippen molar-refractivity contribution in [3.8, 4) is 0 Å². The fraction of sp³-hybridized carbons (Fsp3) is 0.276. The second-order valence-corrected chi connectivity index (χ2v) is 10.1. The van der Waals surface area contributed by atoms with Crippen LogP contribution < -0.4 is 16.1 Å². The second kappa shape index (κ2) is 14.2. The topological polar surface area (TPSA) is 137 Å². The maximum Gasteiger partial charge on any atom is 0.488 e. The third kappa shape index (κ3) is 10.4. The second-order valence-electron chi connectivity index (χ2n) is 10.1. The Balaban J connectivity index is 1.58. The number of benzene rings is 3. The van der Waals surface area contributed by atoms with Gasteiger partial charge in [0, 0.05) is 18.8 Å². The molecule has 3 aromatic rings. The summed E-state index contributed by atoms with van der Waals surface area (Å²) in [7, 11) is -1.60. The van der Waals surface area contributed by atoms with Crippen LogP contribution in [0.15, 0.2) is 78.9 Å². The maximum absolute atomic E-state index is 12.9. The zero-order valence-corrected chi connectivity index (χ0v) is 22.8. The van der Waals surface area contributed by atoms with Crippen molar-refractivity contribution in [3.05, 3.63) is 95.6 Å². The molecule has 40 heavy (non-hydrogen) atoms. The first kappa shape index (κ1) is 30.2. The average Bonchev–Trinajstić information content (AvgIpc) is 2.90. The van der Waals surface area contributed by atoms with Gasteiger partial charge in [-0.25, -0.2) is 9.59 Å². The molecule has 3 rings (SSSR count). The van der Waals surface area contributed by atoms with Gasteiger partial charge in [-0.1, -0.05) is 66.7 Å². The highest BCUT2D eigenvalue weighted by Gasteiger charge is 2.24. The van der Waals surface area contributed by atoms with E-state index in [9.17, 15) is 24.4 Å². The molecule has 0 saturated heterocycles. The standard InChI is InChI=1S/C29H34BN3O7/c1-29(2,3)40-28(36)33(18-21-12-14-24(15-13-21)30(37)38)19-26(34)32-25-11-7-10-23(16-25)17-31-27(35)39-20-22-8-5-4-6-9-22/h4-16,37-38H,17-20H2,1-3H3,(H,31,35)(H,32,34). The fourth-order valence-electron chi connectivity index (χ4n) is 3.61. The summed E-state index contributed by atoms with van der Waals surface area (Å²) in [6.07, 6.45) is -1.23. The summed E-state index contributed by atoms with van der Waals surface area (Å²) in [5, 5.41) is 24.1. The van der Waals surface area contributed by atoms with Crippen LogP contribution >= 0.6 is 0 Å². The quantitative estimate of drug-likeness (QED) is 0.286. The van der Waals surface area contributed by atoms with Gasteiger partial charge >= 0.3 is 19.3 Å². The molecule has 0 atom stereocenters. The van der Waals surface area contributed by atoms with E-state index in [-0.39, 0.29) is 26.2 Å². The normalized spacial score (nSPS) is 10.8. The first-order chi connectivity index (χ1) is 19.0. The molecule has 0 radical (unpaired) electrons. The van der Waals surface area contributed by atoms with Crippen LogP contribution in [-0.4, -0.2) is 52.3 Å². The average molecular weight is 547 g/mol. The number of hydrogen-bond donors (Lipinski definition) is 4. The van der Waals surface area contributed by atoms with Crippen LogP contribution in [0.5, 0.6) is 0 Å². The van der Waals surface area contributed by atoms with Crippen molar-refractivity contribution < 1.29 is 33.9 Å². The van der Waals surface area contributed by atoms with Gasteiger partial charge in [-0.2, -0.15) is 0 Å². The minimum absolute atomic E-state index is 0.0686. The molecular weight excluding hydrogens is 513 g/mol. The van der Waals surface area contributed by atoms with E-state index in [1.54, 1.807) is 57.2 Å². The minimum atomic E-state index is -1.60. The van der Waals surface area contributed by atoms with Gasteiger partial charge in [0.05, 0.1) is 0 Å². The van der Waals surface area contributed by atoms with Crippen LogP contribution in [-0.2, 0) is 34.0 Å². The van der Waals surface area contributed by atoms with Crippen LogP contribution in [0.3, 0.4) is 0 Å². The van der Waals surface area contributed by atoms with Crippen molar-refractivity contribution in [1.82, 2.24) is 10.2 Å². The predicted molar refractivity (Wildman–Crippen MR) is 151 cm³/mol. The number of hydrogen-bond acceptors (Lipinski definition) is 7. The zero-order valence-electron chi connectivity index (χ0n) is 22.8. The summed E-state index contributed by atoms with van der Waals surface area (Å²) in [6, 6.07) is 22.6. The van der Waals surface area contributed by atoms with Crippen LogP contribution in [0.1, 0.15) is 37.5 Å². The lowest BCUT2D eigenvalue weighted by atomic mass is 9.80. The lowest BCUT2D eigenvalue weighted by Crippen LogP contribution is -2.41. The molecule has 10 nitrogen and oxygen atoms in total. The van der Waals surface area contributed by atoms with E-state index in [0.717, 1.165) is 11.1 Å². The van der Waals surface area contributed by atoms with E-state index in [2.05, 4.69) is 10.6 Å². The van der Waals surface area contributed by atoms with Gasteiger partial charge in [-0.3, -0.25) is 9.69 Å². The van der Waals surface area contributed by atoms with Gasteiger partial charge in [0.15, 0.2) is 0 Å². The van der Waals surface area contributed by atoms with Crippen molar-refractivity contribution >= 4 is 36.4 Å². The molecule has 0 aliphatic rings. The molecule has 3 amide bonds. The van der Waals surface area contributed by atoms with E-state index < -0.39 is 30.8 Å². The molecule has 0 spiro atoms. The van der Waals surface area contributed by atoms with E-state index in [0.29, 0.717) is 16.7 Å². The number of rotatable bonds is 10. The van der Waals surface area contributed by atoms with Crippen molar-refractivity contribution in [2.24, 2.45) is 0 Å². The Kier molecular flexibility index (Phi) is 10.7. The van der Waals surface area contributed by atoms with Crippen LogP contribution in [0.4, 0.5) is 15.3 Å². The summed E-state index contributed by atoms with van der Waals surface area (Å²) in [5.74, 6) is -0.444. The van der Waals surface area contributed by atoms with Gasteiger partial charge in [-0.15, -0.1) is 0 Å².